The lowest BCUT2D eigenvalue weighted by atomic mass is 10.2. The van der Waals surface area contributed by atoms with Gasteiger partial charge in [-0.1, -0.05) is 0 Å². The van der Waals surface area contributed by atoms with Crippen LogP contribution in [-0.2, 0) is 4.74 Å². The molecule has 1 aromatic rings. The van der Waals surface area contributed by atoms with Gasteiger partial charge in [0.25, 0.3) is 5.91 Å². The molecule has 1 saturated heterocycles. The summed E-state index contributed by atoms with van der Waals surface area (Å²) in [7, 11) is 0. The zero-order valence-electron chi connectivity index (χ0n) is 8.51. The second-order valence-electron chi connectivity index (χ2n) is 3.44. The Morgan fingerprint density at radius 3 is 3.25 bits per heavy atom. The molecular formula is C9H11N5O2. The van der Waals surface area contributed by atoms with E-state index in [1.54, 1.807) is 0 Å². The van der Waals surface area contributed by atoms with Gasteiger partial charge in [0, 0.05) is 6.54 Å². The molecule has 0 saturated carbocycles. The Morgan fingerprint density at radius 1 is 1.81 bits per heavy atom. The van der Waals surface area contributed by atoms with E-state index in [9.17, 15) is 4.79 Å². The molecule has 0 spiro atoms. The van der Waals surface area contributed by atoms with Crippen molar-refractivity contribution in [2.45, 2.75) is 6.10 Å². The second-order valence-corrected chi connectivity index (χ2v) is 3.44. The van der Waals surface area contributed by atoms with E-state index >= 15 is 0 Å². The SMILES string of the molecule is N#CC1CN(C(=O)c2[nH]ncc2N)CCO1. The summed E-state index contributed by atoms with van der Waals surface area (Å²) in [4.78, 5) is 13.5. The molecule has 2 rings (SSSR count). The summed E-state index contributed by atoms with van der Waals surface area (Å²) in [5.74, 6) is -0.251. The number of carbonyl (C=O) groups excluding carboxylic acids is 1. The summed E-state index contributed by atoms with van der Waals surface area (Å²) in [5.41, 5.74) is 6.15. The maximum atomic E-state index is 12.0. The van der Waals surface area contributed by atoms with Crippen molar-refractivity contribution >= 4 is 11.6 Å². The third-order valence-electron chi connectivity index (χ3n) is 2.38. The van der Waals surface area contributed by atoms with Crippen molar-refractivity contribution in [2.24, 2.45) is 0 Å². The number of nitrogen functional groups attached to an aromatic ring is 1. The monoisotopic (exact) mass is 221 g/mol. The summed E-state index contributed by atoms with van der Waals surface area (Å²) in [6, 6.07) is 1.98. The number of nitrogens with two attached hydrogens (primary N) is 1. The minimum atomic E-state index is -0.568. The van der Waals surface area contributed by atoms with Crippen molar-refractivity contribution in [3.63, 3.8) is 0 Å². The summed E-state index contributed by atoms with van der Waals surface area (Å²) in [5, 5.41) is 14.9. The van der Waals surface area contributed by atoms with E-state index in [1.165, 1.54) is 11.1 Å². The fourth-order valence-electron chi connectivity index (χ4n) is 1.54. The zero-order valence-corrected chi connectivity index (χ0v) is 8.51. The lowest BCUT2D eigenvalue weighted by molar-refractivity contribution is 0.00324. The van der Waals surface area contributed by atoms with E-state index in [-0.39, 0.29) is 18.1 Å². The number of anilines is 1. The van der Waals surface area contributed by atoms with Crippen LogP contribution in [-0.4, -0.2) is 46.8 Å². The quantitative estimate of drug-likeness (QED) is 0.655. The first-order valence-electron chi connectivity index (χ1n) is 4.81. The van der Waals surface area contributed by atoms with Crippen LogP contribution >= 0.6 is 0 Å². The largest absolute Gasteiger partial charge is 0.396 e. The molecule has 0 bridgehead atoms. The number of carbonyl (C=O) groups is 1. The number of rotatable bonds is 1. The van der Waals surface area contributed by atoms with Gasteiger partial charge in [0.05, 0.1) is 31.1 Å². The number of hydrogen-bond acceptors (Lipinski definition) is 5. The van der Waals surface area contributed by atoms with Gasteiger partial charge in [-0.25, -0.2) is 0 Å². The number of aromatic nitrogens is 2. The van der Waals surface area contributed by atoms with Crippen molar-refractivity contribution < 1.29 is 9.53 Å². The molecule has 1 aromatic heterocycles. The summed E-state index contributed by atoms with van der Waals surface area (Å²) in [6.07, 6.45) is 0.817. The number of hydrogen-bond donors (Lipinski definition) is 2. The van der Waals surface area contributed by atoms with Crippen molar-refractivity contribution in [1.29, 1.82) is 5.26 Å². The first-order valence-corrected chi connectivity index (χ1v) is 4.81. The molecule has 1 amide bonds. The van der Waals surface area contributed by atoms with E-state index in [4.69, 9.17) is 15.7 Å². The van der Waals surface area contributed by atoms with Gasteiger partial charge in [-0.3, -0.25) is 9.89 Å². The van der Waals surface area contributed by atoms with Crippen LogP contribution in [0.25, 0.3) is 0 Å². The number of H-pyrrole nitrogens is 1. The van der Waals surface area contributed by atoms with Crippen LogP contribution in [0.4, 0.5) is 5.69 Å². The number of aromatic amines is 1. The third kappa shape index (κ3) is 1.83. The maximum Gasteiger partial charge on any atom is 0.274 e. The number of morpholine rings is 1. The first kappa shape index (κ1) is 10.4. The predicted molar refractivity (Wildman–Crippen MR) is 54.3 cm³/mol. The molecule has 1 aliphatic rings. The topological polar surface area (TPSA) is 108 Å². The highest BCUT2D eigenvalue weighted by Gasteiger charge is 2.26. The molecule has 16 heavy (non-hydrogen) atoms. The molecule has 1 fully saturated rings. The fraction of sp³-hybridized carbons (Fsp3) is 0.444. The molecule has 7 nitrogen and oxygen atoms in total. The molecule has 0 aromatic carbocycles. The molecule has 3 N–H and O–H groups in total. The number of nitriles is 1. The van der Waals surface area contributed by atoms with Gasteiger partial charge in [-0.2, -0.15) is 10.4 Å². The van der Waals surface area contributed by atoms with Crippen LogP contribution in [0.15, 0.2) is 6.20 Å². The number of nitrogens with one attached hydrogen (secondary N) is 1. The van der Waals surface area contributed by atoms with E-state index in [0.717, 1.165) is 0 Å². The average molecular weight is 221 g/mol. The molecular weight excluding hydrogens is 210 g/mol. The maximum absolute atomic E-state index is 12.0. The van der Waals surface area contributed by atoms with Gasteiger partial charge in [-0.15, -0.1) is 0 Å². The van der Waals surface area contributed by atoms with Crippen LogP contribution in [0.3, 0.4) is 0 Å². The lowest BCUT2D eigenvalue weighted by Gasteiger charge is -2.29. The molecule has 84 valence electrons. The van der Waals surface area contributed by atoms with Crippen LogP contribution < -0.4 is 5.73 Å². The molecule has 0 aliphatic carbocycles. The zero-order chi connectivity index (χ0) is 11.5. The summed E-state index contributed by atoms with van der Waals surface area (Å²) >= 11 is 0. The molecule has 0 radical (unpaired) electrons. The Hall–Kier alpha value is -2.07. The average Bonchev–Trinajstić information content (AvgIpc) is 2.74. The van der Waals surface area contributed by atoms with Gasteiger partial charge in [0.2, 0.25) is 0 Å². The van der Waals surface area contributed by atoms with Crippen molar-refractivity contribution in [2.75, 3.05) is 25.4 Å². The highest BCUT2D eigenvalue weighted by Crippen LogP contribution is 2.13. The van der Waals surface area contributed by atoms with Crippen LogP contribution in [0.1, 0.15) is 10.5 Å². The van der Waals surface area contributed by atoms with Crippen LogP contribution in [0, 0.1) is 11.3 Å². The Morgan fingerprint density at radius 2 is 2.62 bits per heavy atom. The smallest absolute Gasteiger partial charge is 0.274 e. The minimum absolute atomic E-state index is 0.251. The van der Waals surface area contributed by atoms with Gasteiger partial charge >= 0.3 is 0 Å². The van der Waals surface area contributed by atoms with Gasteiger partial charge in [-0.05, 0) is 0 Å². The summed E-state index contributed by atoms with van der Waals surface area (Å²) < 4.78 is 5.14. The number of nitrogens with zero attached hydrogens (tertiary/aromatic N) is 3. The first-order chi connectivity index (χ1) is 7.72. The Bertz CT molecular complexity index is 435. The normalized spacial score (nSPS) is 20.4. The minimum Gasteiger partial charge on any atom is -0.396 e. The Balaban J connectivity index is 2.11. The molecule has 1 unspecified atom stereocenters. The number of amides is 1. The van der Waals surface area contributed by atoms with E-state index in [2.05, 4.69) is 10.2 Å². The Labute approximate surface area is 91.8 Å². The highest BCUT2D eigenvalue weighted by atomic mass is 16.5. The van der Waals surface area contributed by atoms with E-state index in [1.807, 2.05) is 6.07 Å². The van der Waals surface area contributed by atoms with Crippen molar-refractivity contribution in [1.82, 2.24) is 15.1 Å². The van der Waals surface area contributed by atoms with E-state index in [0.29, 0.717) is 18.8 Å². The van der Waals surface area contributed by atoms with Crippen molar-refractivity contribution in [3.05, 3.63) is 11.9 Å². The molecule has 7 heteroatoms. The fourth-order valence-corrected chi connectivity index (χ4v) is 1.54. The van der Waals surface area contributed by atoms with Gasteiger partial charge in [0.15, 0.2) is 6.10 Å². The van der Waals surface area contributed by atoms with Crippen molar-refractivity contribution in [3.8, 4) is 6.07 Å². The van der Waals surface area contributed by atoms with E-state index < -0.39 is 6.10 Å². The van der Waals surface area contributed by atoms with Gasteiger partial charge in [0.1, 0.15) is 5.69 Å². The second kappa shape index (κ2) is 4.20. The molecule has 1 aliphatic heterocycles. The summed E-state index contributed by atoms with van der Waals surface area (Å²) in [6.45, 7) is 1.07. The van der Waals surface area contributed by atoms with Crippen LogP contribution in [0.2, 0.25) is 0 Å². The Kier molecular flexibility index (Phi) is 2.74. The van der Waals surface area contributed by atoms with Crippen LogP contribution in [0.5, 0.6) is 0 Å². The molecule has 1 atom stereocenters. The molecule has 2 heterocycles. The predicted octanol–water partition coefficient (Wildman–Crippen LogP) is -0.644. The standard InChI is InChI=1S/C9H11N5O2/c10-3-6-5-14(1-2-16-6)9(15)8-7(11)4-12-13-8/h4,6H,1-2,5,11H2,(H,12,13). The third-order valence-corrected chi connectivity index (χ3v) is 2.38. The number of ether oxygens (including phenoxy) is 1. The lowest BCUT2D eigenvalue weighted by Crippen LogP contribution is -2.45. The highest BCUT2D eigenvalue weighted by molar-refractivity contribution is 5.97. The van der Waals surface area contributed by atoms with Gasteiger partial charge < -0.3 is 15.4 Å².